The van der Waals surface area contributed by atoms with E-state index in [1.54, 1.807) is 0 Å². The van der Waals surface area contributed by atoms with Crippen molar-refractivity contribution in [3.05, 3.63) is 54.1 Å². The molecule has 1 unspecified atom stereocenters. The molecular weight excluding hydrogens is 246 g/mol. The van der Waals surface area contributed by atoms with Crippen molar-refractivity contribution in [1.82, 2.24) is 14.9 Å². The summed E-state index contributed by atoms with van der Waals surface area (Å²) >= 11 is 0. The zero-order valence-electron chi connectivity index (χ0n) is 12.3. The highest BCUT2D eigenvalue weighted by molar-refractivity contribution is 5.31. The Morgan fingerprint density at radius 2 is 2.15 bits per heavy atom. The first-order chi connectivity index (χ1) is 9.72. The van der Waals surface area contributed by atoms with Crippen LogP contribution in [-0.4, -0.2) is 21.6 Å². The molecule has 0 bridgehead atoms. The predicted octanol–water partition coefficient (Wildman–Crippen LogP) is 3.12. The van der Waals surface area contributed by atoms with Crippen molar-refractivity contribution in [3.8, 4) is 0 Å². The number of aryl methyl sites for hydroxylation is 1. The summed E-state index contributed by atoms with van der Waals surface area (Å²) < 4.78 is 2.13. The second kappa shape index (κ2) is 5.80. The van der Waals surface area contributed by atoms with Gasteiger partial charge in [0.25, 0.3) is 0 Å². The molecule has 1 atom stereocenters. The van der Waals surface area contributed by atoms with Gasteiger partial charge in [0.2, 0.25) is 0 Å². The Labute approximate surface area is 121 Å². The molecule has 1 aliphatic rings. The lowest BCUT2D eigenvalue weighted by Crippen LogP contribution is -2.45. The smallest absolute Gasteiger partial charge is 0.0946 e. The molecule has 1 heterocycles. The summed E-state index contributed by atoms with van der Waals surface area (Å²) in [6.45, 7) is 5.46. The Morgan fingerprint density at radius 3 is 2.85 bits per heavy atom. The molecule has 2 aromatic rings. The van der Waals surface area contributed by atoms with Crippen LogP contribution in [0.5, 0.6) is 0 Å². The maximum Gasteiger partial charge on any atom is 0.0946 e. The molecule has 1 aromatic heterocycles. The van der Waals surface area contributed by atoms with Crippen molar-refractivity contribution in [2.45, 2.75) is 51.2 Å². The maximum atomic E-state index is 4.09. The van der Waals surface area contributed by atoms with Gasteiger partial charge in [-0.05, 0) is 43.7 Å². The number of imidazole rings is 1. The van der Waals surface area contributed by atoms with Crippen molar-refractivity contribution in [2.75, 3.05) is 0 Å². The van der Waals surface area contributed by atoms with E-state index in [1.807, 2.05) is 18.7 Å². The molecule has 0 spiro atoms. The summed E-state index contributed by atoms with van der Waals surface area (Å²) in [5.41, 5.74) is 2.97. The molecule has 1 fully saturated rings. The largest absolute Gasteiger partial charge is 0.336 e. The van der Waals surface area contributed by atoms with Crippen LogP contribution in [0.15, 0.2) is 43.0 Å². The van der Waals surface area contributed by atoms with E-state index in [2.05, 4.69) is 53.0 Å². The number of hydrogen-bond acceptors (Lipinski definition) is 2. The first kappa shape index (κ1) is 13.4. The summed E-state index contributed by atoms with van der Waals surface area (Å²) in [6.07, 6.45) is 8.27. The number of aromatic nitrogens is 2. The van der Waals surface area contributed by atoms with Crippen molar-refractivity contribution in [3.63, 3.8) is 0 Å². The zero-order valence-corrected chi connectivity index (χ0v) is 12.3. The van der Waals surface area contributed by atoms with Gasteiger partial charge >= 0.3 is 0 Å². The van der Waals surface area contributed by atoms with Gasteiger partial charge in [-0.15, -0.1) is 0 Å². The molecule has 1 N–H and O–H groups in total. The third kappa shape index (κ3) is 2.93. The van der Waals surface area contributed by atoms with Crippen LogP contribution in [0.3, 0.4) is 0 Å². The van der Waals surface area contributed by atoms with Gasteiger partial charge in [-0.2, -0.15) is 0 Å². The minimum Gasteiger partial charge on any atom is -0.336 e. The fourth-order valence-corrected chi connectivity index (χ4v) is 3.22. The van der Waals surface area contributed by atoms with Crippen molar-refractivity contribution in [2.24, 2.45) is 0 Å². The minimum absolute atomic E-state index is 0.493. The van der Waals surface area contributed by atoms with Crippen molar-refractivity contribution in [1.29, 1.82) is 0 Å². The van der Waals surface area contributed by atoms with Gasteiger partial charge in [-0.25, -0.2) is 4.98 Å². The summed E-state index contributed by atoms with van der Waals surface area (Å²) in [5.74, 6) is 0.745. The summed E-state index contributed by atoms with van der Waals surface area (Å²) in [5, 5.41) is 3.73. The quantitative estimate of drug-likeness (QED) is 0.904. The van der Waals surface area contributed by atoms with Gasteiger partial charge in [-0.1, -0.05) is 24.3 Å². The fourth-order valence-electron chi connectivity index (χ4n) is 3.22. The highest BCUT2D eigenvalue weighted by Gasteiger charge is 2.31. The van der Waals surface area contributed by atoms with Crippen molar-refractivity contribution < 1.29 is 0 Å². The van der Waals surface area contributed by atoms with Gasteiger partial charge in [-0.3, -0.25) is 0 Å². The van der Waals surface area contributed by atoms with Crippen LogP contribution in [0.4, 0.5) is 0 Å². The molecule has 0 radical (unpaired) electrons. The molecule has 0 amide bonds. The Bertz CT molecular complexity index is 541. The van der Waals surface area contributed by atoms with Gasteiger partial charge in [0, 0.05) is 31.0 Å². The van der Waals surface area contributed by atoms with E-state index in [4.69, 9.17) is 0 Å². The summed E-state index contributed by atoms with van der Waals surface area (Å²) in [6, 6.07) is 9.94. The lowest BCUT2D eigenvalue weighted by atomic mass is 9.74. The Morgan fingerprint density at radius 1 is 1.35 bits per heavy atom. The van der Waals surface area contributed by atoms with E-state index in [0.29, 0.717) is 12.1 Å². The molecule has 20 heavy (non-hydrogen) atoms. The Hall–Kier alpha value is -1.61. The third-order valence-electron chi connectivity index (χ3n) is 4.33. The van der Waals surface area contributed by atoms with E-state index >= 15 is 0 Å². The Balaban J connectivity index is 1.47. The van der Waals surface area contributed by atoms with Crippen LogP contribution in [0.1, 0.15) is 36.8 Å². The topological polar surface area (TPSA) is 29.9 Å². The second-order valence-electron chi connectivity index (χ2n) is 6.05. The van der Waals surface area contributed by atoms with Crippen LogP contribution in [-0.2, 0) is 6.54 Å². The molecule has 106 valence electrons. The minimum atomic E-state index is 0.493. The number of benzene rings is 1. The SMILES string of the molecule is Cc1ccccc1C1CC(NC(C)Cn2ccnc2)C1. The van der Waals surface area contributed by atoms with Gasteiger partial charge in [0.15, 0.2) is 0 Å². The van der Waals surface area contributed by atoms with Crippen LogP contribution >= 0.6 is 0 Å². The maximum absolute atomic E-state index is 4.09. The van der Waals surface area contributed by atoms with Crippen LogP contribution in [0, 0.1) is 6.92 Å². The van der Waals surface area contributed by atoms with E-state index in [1.165, 1.54) is 24.0 Å². The normalized spacial score (nSPS) is 23.3. The second-order valence-corrected chi connectivity index (χ2v) is 6.05. The first-order valence-corrected chi connectivity index (χ1v) is 7.49. The molecular formula is C17H23N3. The monoisotopic (exact) mass is 269 g/mol. The van der Waals surface area contributed by atoms with Crippen LogP contribution < -0.4 is 5.32 Å². The summed E-state index contributed by atoms with van der Waals surface area (Å²) in [7, 11) is 0. The zero-order chi connectivity index (χ0) is 13.9. The average molecular weight is 269 g/mol. The lowest BCUT2D eigenvalue weighted by molar-refractivity contribution is 0.260. The van der Waals surface area contributed by atoms with Gasteiger partial charge in [0.1, 0.15) is 0 Å². The molecule has 3 nitrogen and oxygen atoms in total. The van der Waals surface area contributed by atoms with E-state index in [0.717, 1.165) is 12.5 Å². The Kier molecular flexibility index (Phi) is 3.88. The van der Waals surface area contributed by atoms with Gasteiger partial charge in [0.05, 0.1) is 6.33 Å². The number of hydrogen-bond donors (Lipinski definition) is 1. The third-order valence-corrected chi connectivity index (χ3v) is 4.33. The highest BCUT2D eigenvalue weighted by atomic mass is 15.1. The molecule has 1 aromatic carbocycles. The molecule has 3 heteroatoms. The molecule has 1 saturated carbocycles. The van der Waals surface area contributed by atoms with Crippen molar-refractivity contribution >= 4 is 0 Å². The standard InChI is InChI=1S/C17H23N3/c1-13-5-3-4-6-17(13)15-9-16(10-15)19-14(2)11-20-8-7-18-12-20/h3-8,12,14-16,19H,9-11H2,1-2H3. The van der Waals surface area contributed by atoms with Gasteiger partial charge < -0.3 is 9.88 Å². The first-order valence-electron chi connectivity index (χ1n) is 7.49. The highest BCUT2D eigenvalue weighted by Crippen LogP contribution is 2.38. The van der Waals surface area contributed by atoms with E-state index < -0.39 is 0 Å². The lowest BCUT2D eigenvalue weighted by Gasteiger charge is -2.38. The number of rotatable bonds is 5. The predicted molar refractivity (Wildman–Crippen MR) is 81.8 cm³/mol. The van der Waals surface area contributed by atoms with Crippen LogP contribution in [0.25, 0.3) is 0 Å². The molecule has 3 rings (SSSR count). The molecule has 1 aliphatic carbocycles. The van der Waals surface area contributed by atoms with Crippen LogP contribution in [0.2, 0.25) is 0 Å². The number of nitrogens with one attached hydrogen (secondary N) is 1. The fraction of sp³-hybridized carbons (Fsp3) is 0.471. The molecule has 0 aliphatic heterocycles. The average Bonchev–Trinajstić information content (AvgIpc) is 2.87. The summed E-state index contributed by atoms with van der Waals surface area (Å²) in [4.78, 5) is 4.09. The number of nitrogens with zero attached hydrogens (tertiary/aromatic N) is 2. The molecule has 0 saturated heterocycles. The van der Waals surface area contributed by atoms with E-state index in [9.17, 15) is 0 Å². The van der Waals surface area contributed by atoms with E-state index in [-0.39, 0.29) is 0 Å².